The largest absolute Gasteiger partial charge is 0.387 e. The molecule has 0 heterocycles. The monoisotopic (exact) mass is 590 g/mol. The normalized spacial score (nSPS) is 21.5. The number of amides is 2. The molecule has 3 fully saturated rings. The lowest BCUT2D eigenvalue weighted by Gasteiger charge is -2.53. The Balaban J connectivity index is 1.56. The van der Waals surface area contributed by atoms with Crippen molar-refractivity contribution >= 4 is 33.4 Å². The number of primary amides is 1. The molecule has 4 aromatic carbocycles. The molecule has 4 aromatic rings. The van der Waals surface area contributed by atoms with Crippen molar-refractivity contribution in [1.82, 2.24) is 4.90 Å². The van der Waals surface area contributed by atoms with E-state index in [4.69, 9.17) is 5.73 Å². The standard InChI is InChI=1S/C38H42N2O4/c39-34(41)36(20-11-21-36)35(42)40(32(37(43)22-5-6-23-37)30-18-9-14-26-12-1-3-16-28(26)30)33(38(44)24-7-8-25-38)31-19-10-15-27-13-2-4-17-29(27)31/h1-4,9-10,12-19,32-33,43-44H,5-8,11,20-25H2,(H2,39,41). The van der Waals surface area contributed by atoms with E-state index in [2.05, 4.69) is 0 Å². The summed E-state index contributed by atoms with van der Waals surface area (Å²) >= 11 is 0. The van der Waals surface area contributed by atoms with Gasteiger partial charge in [0.05, 0.1) is 23.3 Å². The Morgan fingerprint density at radius 1 is 0.591 bits per heavy atom. The van der Waals surface area contributed by atoms with Crippen LogP contribution in [-0.2, 0) is 9.59 Å². The van der Waals surface area contributed by atoms with Gasteiger partial charge in [-0.3, -0.25) is 9.59 Å². The fourth-order valence-electron chi connectivity index (χ4n) is 8.62. The summed E-state index contributed by atoms with van der Waals surface area (Å²) in [4.78, 5) is 30.4. The van der Waals surface area contributed by atoms with Gasteiger partial charge in [0.2, 0.25) is 11.8 Å². The molecule has 0 aliphatic heterocycles. The molecule has 0 saturated heterocycles. The van der Waals surface area contributed by atoms with Crippen LogP contribution in [0.3, 0.4) is 0 Å². The molecule has 228 valence electrons. The number of nitrogens with zero attached hydrogens (tertiary/aromatic N) is 1. The van der Waals surface area contributed by atoms with E-state index in [0.29, 0.717) is 38.5 Å². The Kier molecular flexibility index (Phi) is 7.25. The lowest BCUT2D eigenvalue weighted by molar-refractivity contribution is -0.176. The maximum atomic E-state index is 15.4. The second-order valence-corrected chi connectivity index (χ2v) is 13.6. The second-order valence-electron chi connectivity index (χ2n) is 13.6. The van der Waals surface area contributed by atoms with Crippen LogP contribution in [0.25, 0.3) is 21.5 Å². The van der Waals surface area contributed by atoms with Gasteiger partial charge in [-0.25, -0.2) is 0 Å². The highest BCUT2D eigenvalue weighted by Crippen LogP contribution is 2.56. The predicted octanol–water partition coefficient (Wildman–Crippen LogP) is 6.87. The number of rotatable bonds is 8. The van der Waals surface area contributed by atoms with Gasteiger partial charge in [0.15, 0.2) is 0 Å². The fourth-order valence-corrected chi connectivity index (χ4v) is 8.62. The molecule has 3 aliphatic carbocycles. The van der Waals surface area contributed by atoms with Crippen molar-refractivity contribution in [2.45, 2.75) is 93.9 Å². The first-order chi connectivity index (χ1) is 21.3. The van der Waals surface area contributed by atoms with Gasteiger partial charge in [0.1, 0.15) is 5.41 Å². The van der Waals surface area contributed by atoms with Crippen LogP contribution in [0.4, 0.5) is 0 Å². The van der Waals surface area contributed by atoms with Gasteiger partial charge < -0.3 is 20.8 Å². The first kappa shape index (κ1) is 29.0. The summed E-state index contributed by atoms with van der Waals surface area (Å²) in [6.07, 6.45) is 6.92. The molecule has 0 spiro atoms. The highest BCUT2D eigenvalue weighted by molar-refractivity contribution is 6.06. The Bertz CT molecular complexity index is 1600. The van der Waals surface area contributed by atoms with Gasteiger partial charge in [0.25, 0.3) is 0 Å². The van der Waals surface area contributed by atoms with Crippen molar-refractivity contribution in [2.75, 3.05) is 0 Å². The van der Waals surface area contributed by atoms with Gasteiger partial charge in [0, 0.05) is 0 Å². The number of benzene rings is 4. The van der Waals surface area contributed by atoms with Crippen molar-refractivity contribution in [3.8, 4) is 0 Å². The Hall–Kier alpha value is -3.74. The number of aliphatic hydroxyl groups is 2. The maximum Gasteiger partial charge on any atom is 0.239 e. The molecule has 7 rings (SSSR count). The lowest BCUT2D eigenvalue weighted by Crippen LogP contribution is -2.62. The minimum absolute atomic E-state index is 0.368. The molecule has 3 aliphatic rings. The van der Waals surface area contributed by atoms with Crippen LogP contribution in [0.5, 0.6) is 0 Å². The SMILES string of the molecule is NC(=O)C1(C(=O)N(C(c2cccc3ccccc23)C2(O)CCCC2)C(c2cccc3ccccc23)C2(O)CCCC2)CCC1. The third kappa shape index (κ3) is 4.53. The van der Waals surface area contributed by atoms with Crippen molar-refractivity contribution in [3.05, 3.63) is 96.1 Å². The smallest absolute Gasteiger partial charge is 0.239 e. The number of fused-ring (bicyclic) bond motifs is 2. The highest BCUT2D eigenvalue weighted by Gasteiger charge is 2.60. The minimum Gasteiger partial charge on any atom is -0.387 e. The molecule has 0 radical (unpaired) electrons. The van der Waals surface area contributed by atoms with Gasteiger partial charge in [-0.05, 0) is 71.2 Å². The molecule has 4 N–H and O–H groups in total. The van der Waals surface area contributed by atoms with E-state index in [1.165, 1.54) is 0 Å². The summed E-state index contributed by atoms with van der Waals surface area (Å²) < 4.78 is 0. The fraction of sp³-hybridized carbons (Fsp3) is 0.421. The van der Waals surface area contributed by atoms with Crippen molar-refractivity contribution in [3.63, 3.8) is 0 Å². The van der Waals surface area contributed by atoms with Crippen LogP contribution < -0.4 is 5.73 Å². The van der Waals surface area contributed by atoms with Gasteiger partial charge in [-0.2, -0.15) is 0 Å². The predicted molar refractivity (Wildman–Crippen MR) is 173 cm³/mol. The van der Waals surface area contributed by atoms with Crippen LogP contribution in [0.2, 0.25) is 0 Å². The van der Waals surface area contributed by atoms with Crippen LogP contribution in [0.15, 0.2) is 84.9 Å². The van der Waals surface area contributed by atoms with E-state index in [-0.39, 0.29) is 5.91 Å². The van der Waals surface area contributed by atoms with E-state index < -0.39 is 34.6 Å². The minimum atomic E-state index is -1.37. The topological polar surface area (TPSA) is 104 Å². The molecule has 6 nitrogen and oxygen atoms in total. The molecular weight excluding hydrogens is 548 g/mol. The summed E-state index contributed by atoms with van der Waals surface area (Å²) in [6.45, 7) is 0. The first-order valence-corrected chi connectivity index (χ1v) is 16.3. The quantitative estimate of drug-likeness (QED) is 0.195. The average molecular weight is 591 g/mol. The zero-order valence-electron chi connectivity index (χ0n) is 25.3. The van der Waals surface area contributed by atoms with E-state index in [0.717, 1.165) is 64.8 Å². The number of carbonyl (C=O) groups excluding carboxylic acids is 2. The van der Waals surface area contributed by atoms with Crippen LogP contribution in [-0.4, -0.2) is 38.1 Å². The molecule has 44 heavy (non-hydrogen) atoms. The number of hydrogen-bond acceptors (Lipinski definition) is 4. The summed E-state index contributed by atoms with van der Waals surface area (Å²) in [5.41, 5.74) is 3.91. The molecule has 3 saturated carbocycles. The van der Waals surface area contributed by atoms with E-state index in [1.54, 1.807) is 4.90 Å². The van der Waals surface area contributed by atoms with E-state index >= 15 is 4.79 Å². The maximum absolute atomic E-state index is 15.4. The number of hydrogen-bond donors (Lipinski definition) is 3. The highest BCUT2D eigenvalue weighted by atomic mass is 16.3. The van der Waals surface area contributed by atoms with Crippen molar-refractivity contribution < 1.29 is 19.8 Å². The zero-order chi connectivity index (χ0) is 30.5. The van der Waals surface area contributed by atoms with Gasteiger partial charge in [-0.1, -0.05) is 117 Å². The lowest BCUT2D eigenvalue weighted by atomic mass is 9.65. The number of nitrogens with two attached hydrogens (primary N) is 1. The zero-order valence-corrected chi connectivity index (χ0v) is 25.3. The Labute approximate surface area is 258 Å². The molecular formula is C38H42N2O4. The van der Waals surface area contributed by atoms with Crippen LogP contribution in [0.1, 0.15) is 93.8 Å². The van der Waals surface area contributed by atoms with Crippen molar-refractivity contribution in [1.29, 1.82) is 0 Å². The molecule has 2 unspecified atom stereocenters. The molecule has 6 heteroatoms. The Morgan fingerprint density at radius 2 is 1.00 bits per heavy atom. The van der Waals surface area contributed by atoms with Crippen LogP contribution >= 0.6 is 0 Å². The van der Waals surface area contributed by atoms with E-state index in [1.807, 2.05) is 84.9 Å². The molecule has 2 atom stereocenters. The molecule has 0 bridgehead atoms. The summed E-state index contributed by atoms with van der Waals surface area (Å²) in [5.74, 6) is -0.989. The first-order valence-electron chi connectivity index (χ1n) is 16.3. The van der Waals surface area contributed by atoms with Gasteiger partial charge in [-0.15, -0.1) is 0 Å². The average Bonchev–Trinajstić information content (AvgIpc) is 3.65. The molecule has 0 aromatic heterocycles. The summed E-state index contributed by atoms with van der Waals surface area (Å²) in [6, 6.07) is 26.6. The van der Waals surface area contributed by atoms with E-state index in [9.17, 15) is 15.0 Å². The third-order valence-corrected chi connectivity index (χ3v) is 11.1. The Morgan fingerprint density at radius 3 is 1.39 bits per heavy atom. The van der Waals surface area contributed by atoms with Crippen LogP contribution in [0, 0.1) is 5.41 Å². The third-order valence-electron chi connectivity index (χ3n) is 11.1. The van der Waals surface area contributed by atoms with Gasteiger partial charge >= 0.3 is 0 Å². The number of carbonyl (C=O) groups is 2. The van der Waals surface area contributed by atoms with Crippen molar-refractivity contribution in [2.24, 2.45) is 11.1 Å². The molecule has 2 amide bonds. The summed E-state index contributed by atoms with van der Waals surface area (Å²) in [7, 11) is 0. The second kappa shape index (κ2) is 11.0. The summed E-state index contributed by atoms with van der Waals surface area (Å²) in [5, 5.41) is 29.4.